The van der Waals surface area contributed by atoms with Crippen LogP contribution in [0.3, 0.4) is 0 Å². The Morgan fingerprint density at radius 2 is 2.06 bits per heavy atom. The van der Waals surface area contributed by atoms with Crippen LogP contribution in [0.5, 0.6) is 0 Å². The van der Waals surface area contributed by atoms with Gasteiger partial charge in [0, 0.05) is 0 Å². The van der Waals surface area contributed by atoms with Crippen LogP contribution in [0, 0.1) is 6.92 Å². The van der Waals surface area contributed by atoms with Gasteiger partial charge in [0.15, 0.2) is 0 Å². The number of aromatic nitrogens is 2. The van der Waals surface area contributed by atoms with E-state index in [-0.39, 0.29) is 17.0 Å². The highest BCUT2D eigenvalue weighted by atomic mass is 35.5. The lowest BCUT2D eigenvalue weighted by molar-refractivity contribution is -0.151. The van der Waals surface area contributed by atoms with Crippen molar-refractivity contribution in [1.29, 1.82) is 0 Å². The molecule has 5 nitrogen and oxygen atoms in total. The van der Waals surface area contributed by atoms with E-state index in [4.69, 9.17) is 22.1 Å². The van der Waals surface area contributed by atoms with Crippen LogP contribution in [0.2, 0.25) is 5.28 Å². The summed E-state index contributed by atoms with van der Waals surface area (Å²) in [6.07, 6.45) is 0. The van der Waals surface area contributed by atoms with Gasteiger partial charge in [0.2, 0.25) is 5.28 Å². The Morgan fingerprint density at radius 1 is 1.44 bits per heavy atom. The maximum absolute atomic E-state index is 11.6. The lowest BCUT2D eigenvalue weighted by Crippen LogP contribution is -2.25. The van der Waals surface area contributed by atoms with Crippen molar-refractivity contribution in [1.82, 2.24) is 9.97 Å². The molecule has 1 aromatic heterocycles. The number of carbonyl (C=O) groups is 1. The van der Waals surface area contributed by atoms with Gasteiger partial charge in [-0.3, -0.25) is 4.79 Å². The summed E-state index contributed by atoms with van der Waals surface area (Å²) in [5, 5.41) is 0.617. The summed E-state index contributed by atoms with van der Waals surface area (Å²) in [7, 11) is 0. The van der Waals surface area contributed by atoms with Gasteiger partial charge in [-0.2, -0.15) is 0 Å². The van der Waals surface area contributed by atoms with Crippen molar-refractivity contribution in [2.24, 2.45) is 0 Å². The number of nitrogens with zero attached hydrogens (tertiary/aromatic N) is 2. The summed E-state index contributed by atoms with van der Waals surface area (Å²) in [4.78, 5) is 19.5. The quantitative estimate of drug-likeness (QED) is 0.398. The zero-order valence-electron chi connectivity index (χ0n) is 10.8. The molecule has 1 aromatic rings. The smallest absolute Gasteiger partial charge is 0.316 e. The number of halogens is 1. The maximum atomic E-state index is 11.6. The number of thioether (sulfide) groups is 1. The van der Waals surface area contributed by atoms with Crippen LogP contribution in [0.1, 0.15) is 26.5 Å². The van der Waals surface area contributed by atoms with Crippen molar-refractivity contribution in [2.75, 3.05) is 11.5 Å². The fourth-order valence-electron chi connectivity index (χ4n) is 1.13. The molecule has 0 aromatic carbocycles. The summed E-state index contributed by atoms with van der Waals surface area (Å²) in [5.74, 6) is -0.187. The minimum absolute atomic E-state index is 0.119. The normalized spacial score (nSPS) is 11.4. The lowest BCUT2D eigenvalue weighted by atomic mass is 10.2. The van der Waals surface area contributed by atoms with Crippen LogP contribution >= 0.6 is 23.4 Å². The maximum Gasteiger partial charge on any atom is 0.316 e. The van der Waals surface area contributed by atoms with Gasteiger partial charge in [0.25, 0.3) is 0 Å². The molecule has 0 unspecified atom stereocenters. The predicted molar refractivity (Wildman–Crippen MR) is 72.8 cm³/mol. The standard InChI is InChI=1S/C11H16ClN3O2S/c1-6-8(13)9(15-10(12)14-6)18-5-7(16)17-11(2,3)4/h5,13H2,1-4H3. The summed E-state index contributed by atoms with van der Waals surface area (Å²) in [6.45, 7) is 7.18. The van der Waals surface area contributed by atoms with E-state index >= 15 is 0 Å². The minimum atomic E-state index is -0.498. The second-order valence-corrected chi connectivity index (χ2v) is 5.97. The molecule has 2 N–H and O–H groups in total. The van der Waals surface area contributed by atoms with E-state index in [2.05, 4.69) is 9.97 Å². The van der Waals surface area contributed by atoms with E-state index in [1.54, 1.807) is 6.92 Å². The molecule has 0 saturated heterocycles. The Morgan fingerprint density at radius 3 is 2.61 bits per heavy atom. The largest absolute Gasteiger partial charge is 0.459 e. The molecule has 0 aliphatic carbocycles. The molecule has 0 spiro atoms. The van der Waals surface area contributed by atoms with Crippen LogP contribution in [-0.2, 0) is 9.53 Å². The number of carbonyl (C=O) groups excluding carboxylic acids is 1. The molecule has 1 rings (SSSR count). The van der Waals surface area contributed by atoms with Crippen LogP contribution in [-0.4, -0.2) is 27.3 Å². The zero-order chi connectivity index (χ0) is 13.9. The third kappa shape index (κ3) is 4.70. The van der Waals surface area contributed by atoms with Gasteiger partial charge in [0.05, 0.1) is 17.1 Å². The fourth-order valence-corrected chi connectivity index (χ4v) is 2.16. The van der Waals surface area contributed by atoms with E-state index in [1.807, 2.05) is 20.8 Å². The Bertz CT molecular complexity index is 460. The molecular formula is C11H16ClN3O2S. The molecule has 0 aliphatic heterocycles. The molecule has 100 valence electrons. The highest BCUT2D eigenvalue weighted by Crippen LogP contribution is 2.26. The monoisotopic (exact) mass is 289 g/mol. The van der Waals surface area contributed by atoms with Crippen molar-refractivity contribution < 1.29 is 9.53 Å². The average Bonchev–Trinajstić information content (AvgIpc) is 2.18. The molecule has 18 heavy (non-hydrogen) atoms. The molecule has 0 saturated carbocycles. The first-order chi connectivity index (χ1) is 8.19. The fraction of sp³-hybridized carbons (Fsp3) is 0.545. The molecule has 0 fully saturated rings. The molecule has 0 radical (unpaired) electrons. The molecule has 0 atom stereocenters. The first-order valence-electron chi connectivity index (χ1n) is 5.33. The molecular weight excluding hydrogens is 274 g/mol. The van der Waals surface area contributed by atoms with E-state index < -0.39 is 5.60 Å². The SMILES string of the molecule is Cc1nc(Cl)nc(SCC(=O)OC(C)(C)C)c1N. The zero-order valence-corrected chi connectivity index (χ0v) is 12.4. The van der Waals surface area contributed by atoms with E-state index in [1.165, 1.54) is 11.8 Å². The van der Waals surface area contributed by atoms with Crippen molar-refractivity contribution in [3.8, 4) is 0 Å². The number of ether oxygens (including phenoxy) is 1. The molecule has 1 heterocycles. The number of nitrogen functional groups attached to an aromatic ring is 1. The van der Waals surface area contributed by atoms with Gasteiger partial charge in [-0.05, 0) is 39.3 Å². The van der Waals surface area contributed by atoms with Crippen molar-refractivity contribution >= 4 is 35.0 Å². The van der Waals surface area contributed by atoms with Gasteiger partial charge in [-0.25, -0.2) is 9.97 Å². The Balaban J connectivity index is 2.67. The molecule has 0 aliphatic rings. The number of anilines is 1. The number of hydrogen-bond donors (Lipinski definition) is 1. The Labute approximate surface area is 115 Å². The van der Waals surface area contributed by atoms with Crippen molar-refractivity contribution in [3.05, 3.63) is 11.0 Å². The lowest BCUT2D eigenvalue weighted by Gasteiger charge is -2.19. The van der Waals surface area contributed by atoms with Gasteiger partial charge < -0.3 is 10.5 Å². The first-order valence-corrected chi connectivity index (χ1v) is 6.69. The highest BCUT2D eigenvalue weighted by molar-refractivity contribution is 8.00. The van der Waals surface area contributed by atoms with Crippen LogP contribution in [0.25, 0.3) is 0 Å². The molecule has 7 heteroatoms. The van der Waals surface area contributed by atoms with Crippen molar-refractivity contribution in [3.63, 3.8) is 0 Å². The highest BCUT2D eigenvalue weighted by Gasteiger charge is 2.17. The number of nitrogens with two attached hydrogens (primary N) is 1. The van der Waals surface area contributed by atoms with Crippen LogP contribution < -0.4 is 5.73 Å². The van der Waals surface area contributed by atoms with E-state index in [9.17, 15) is 4.79 Å². The number of aryl methyl sites for hydroxylation is 1. The van der Waals surface area contributed by atoms with E-state index in [0.717, 1.165) is 0 Å². The summed E-state index contributed by atoms with van der Waals surface area (Å²) in [5.41, 5.74) is 6.35. The average molecular weight is 290 g/mol. The Kier molecular flexibility index (Phi) is 4.81. The molecule has 0 amide bonds. The third-order valence-electron chi connectivity index (χ3n) is 1.82. The van der Waals surface area contributed by atoms with Crippen LogP contribution in [0.4, 0.5) is 5.69 Å². The van der Waals surface area contributed by atoms with Gasteiger partial charge in [0.1, 0.15) is 10.6 Å². The summed E-state index contributed by atoms with van der Waals surface area (Å²) >= 11 is 6.93. The topological polar surface area (TPSA) is 78.1 Å². The van der Waals surface area contributed by atoms with Crippen molar-refractivity contribution in [2.45, 2.75) is 38.3 Å². The number of rotatable bonds is 3. The summed E-state index contributed by atoms with van der Waals surface area (Å²) in [6, 6.07) is 0. The third-order valence-corrected chi connectivity index (χ3v) is 2.95. The molecule has 0 bridgehead atoms. The van der Waals surface area contributed by atoms with Crippen LogP contribution in [0.15, 0.2) is 5.03 Å². The number of hydrogen-bond acceptors (Lipinski definition) is 6. The second-order valence-electron chi connectivity index (χ2n) is 4.67. The van der Waals surface area contributed by atoms with Gasteiger partial charge in [-0.15, -0.1) is 0 Å². The number of esters is 1. The minimum Gasteiger partial charge on any atom is -0.459 e. The predicted octanol–water partition coefficient (Wildman–Crippen LogP) is 2.45. The Hall–Kier alpha value is -1.01. The van der Waals surface area contributed by atoms with E-state index in [0.29, 0.717) is 16.4 Å². The second kappa shape index (κ2) is 5.75. The van der Waals surface area contributed by atoms with Gasteiger partial charge >= 0.3 is 5.97 Å². The van der Waals surface area contributed by atoms with Gasteiger partial charge in [-0.1, -0.05) is 11.8 Å². The first kappa shape index (κ1) is 15.0. The summed E-state index contributed by atoms with van der Waals surface area (Å²) < 4.78 is 5.18.